The van der Waals surface area contributed by atoms with Crippen LogP contribution in [0.5, 0.6) is 0 Å². The zero-order valence-corrected chi connectivity index (χ0v) is 28.0. The van der Waals surface area contributed by atoms with Crippen LogP contribution in [0.4, 0.5) is 0 Å². The van der Waals surface area contributed by atoms with Crippen LogP contribution in [0.25, 0.3) is 105 Å². The molecule has 0 radical (unpaired) electrons. The number of hydrogen-bond donors (Lipinski definition) is 0. The third kappa shape index (κ3) is 4.34. The van der Waals surface area contributed by atoms with Gasteiger partial charge in [0.05, 0.1) is 22.4 Å². The molecule has 0 N–H and O–H groups in total. The maximum Gasteiger partial charge on any atom is 0.235 e. The summed E-state index contributed by atoms with van der Waals surface area (Å²) < 4.78 is 8.83. The molecule has 4 nitrogen and oxygen atoms in total. The summed E-state index contributed by atoms with van der Waals surface area (Å²) in [6, 6.07) is 61.8. The molecule has 0 atom stereocenters. The molecule has 3 aromatic heterocycles. The largest absolute Gasteiger partial charge is 0.456 e. The van der Waals surface area contributed by atoms with Crippen LogP contribution in [0.3, 0.4) is 0 Å². The molecule has 0 amide bonds. The Hall–Kier alpha value is -7.04. The van der Waals surface area contributed by atoms with E-state index >= 15 is 0 Å². The average Bonchev–Trinajstić information content (AvgIpc) is 3.77. The zero-order valence-electron chi connectivity index (χ0n) is 28.0. The van der Waals surface area contributed by atoms with Gasteiger partial charge in [0.2, 0.25) is 5.95 Å². The van der Waals surface area contributed by atoms with Gasteiger partial charge in [0.25, 0.3) is 0 Å². The molecule has 0 fully saturated rings. The maximum absolute atomic E-state index is 6.56. The van der Waals surface area contributed by atoms with Gasteiger partial charge < -0.3 is 4.42 Å². The first-order chi connectivity index (χ1) is 25.8. The highest BCUT2D eigenvalue weighted by atomic mass is 16.3. The Morgan fingerprint density at radius 1 is 0.404 bits per heavy atom. The summed E-state index contributed by atoms with van der Waals surface area (Å²) in [5.74, 6) is 0.624. The Morgan fingerprint density at radius 2 is 1.02 bits per heavy atom. The molecule has 0 bridgehead atoms. The summed E-state index contributed by atoms with van der Waals surface area (Å²) in [5.41, 5.74) is 9.84. The fourth-order valence-corrected chi connectivity index (χ4v) is 8.04. The molecule has 52 heavy (non-hydrogen) atoms. The Bertz CT molecular complexity index is 3120. The van der Waals surface area contributed by atoms with Crippen LogP contribution in [0.2, 0.25) is 0 Å². The standard InChI is InChI=1S/C48H29N3O/c1-3-14-32(15-4-1)40-29-41(33-16-5-2-6-17-33)50-48(49-40)51-42-26-23-30-12-7-9-18-35(30)45(42)39-21-11-20-37(47(39)51)34-22-25-38-44(28-34)52-43-27-24-31-13-8-10-19-36(31)46(38)43/h1-29H. The normalized spacial score (nSPS) is 11.8. The molecule has 0 saturated carbocycles. The smallest absolute Gasteiger partial charge is 0.235 e. The topological polar surface area (TPSA) is 43.9 Å². The lowest BCUT2D eigenvalue weighted by molar-refractivity contribution is 0.669. The third-order valence-electron chi connectivity index (χ3n) is 10.4. The molecule has 0 aliphatic carbocycles. The van der Waals surface area contributed by atoms with E-state index in [-0.39, 0.29) is 0 Å². The number of benzene rings is 8. The molecule has 0 aliphatic heterocycles. The fourth-order valence-electron chi connectivity index (χ4n) is 8.04. The van der Waals surface area contributed by atoms with Gasteiger partial charge in [0, 0.05) is 38.2 Å². The van der Waals surface area contributed by atoms with Gasteiger partial charge >= 0.3 is 0 Å². The summed E-state index contributed by atoms with van der Waals surface area (Å²) in [6.07, 6.45) is 0. The van der Waals surface area contributed by atoms with Gasteiger partial charge in [-0.15, -0.1) is 0 Å². The Balaban J connectivity index is 1.24. The van der Waals surface area contributed by atoms with E-state index in [4.69, 9.17) is 14.4 Å². The van der Waals surface area contributed by atoms with E-state index in [1.54, 1.807) is 0 Å². The first kappa shape index (κ1) is 28.8. The lowest BCUT2D eigenvalue weighted by Gasteiger charge is -2.13. The summed E-state index contributed by atoms with van der Waals surface area (Å²) in [6.45, 7) is 0. The lowest BCUT2D eigenvalue weighted by atomic mass is 9.98. The molecule has 4 heteroatoms. The van der Waals surface area contributed by atoms with Crippen molar-refractivity contribution in [2.45, 2.75) is 0 Å². The van der Waals surface area contributed by atoms with E-state index in [1.165, 1.54) is 26.9 Å². The molecular formula is C48H29N3O. The summed E-state index contributed by atoms with van der Waals surface area (Å²) in [4.78, 5) is 10.7. The number of rotatable bonds is 4. The van der Waals surface area contributed by atoms with Gasteiger partial charge in [0.1, 0.15) is 11.2 Å². The SMILES string of the molecule is c1ccc(-c2cc(-c3ccccc3)nc(-n3c4ccc5ccccc5c4c4cccc(-c5ccc6c(c5)oc5ccc7ccccc7c56)c43)n2)cc1. The van der Waals surface area contributed by atoms with Crippen molar-refractivity contribution < 1.29 is 4.42 Å². The minimum absolute atomic E-state index is 0.624. The summed E-state index contributed by atoms with van der Waals surface area (Å²) in [7, 11) is 0. The molecular weight excluding hydrogens is 635 g/mol. The van der Waals surface area contributed by atoms with Crippen LogP contribution < -0.4 is 0 Å². The van der Waals surface area contributed by atoms with Crippen LogP contribution in [0, 0.1) is 0 Å². The average molecular weight is 664 g/mol. The van der Waals surface area contributed by atoms with Crippen LogP contribution in [-0.2, 0) is 0 Å². The summed E-state index contributed by atoms with van der Waals surface area (Å²) >= 11 is 0. The highest BCUT2D eigenvalue weighted by Crippen LogP contribution is 2.43. The van der Waals surface area contributed by atoms with E-state index in [1.807, 2.05) is 12.1 Å². The first-order valence-corrected chi connectivity index (χ1v) is 17.6. The van der Waals surface area contributed by atoms with E-state index in [0.717, 1.165) is 72.0 Å². The molecule has 11 rings (SSSR count). The lowest BCUT2D eigenvalue weighted by Crippen LogP contribution is -2.04. The predicted octanol–water partition coefficient (Wildman–Crippen LogP) is 12.8. The Morgan fingerprint density at radius 3 is 1.73 bits per heavy atom. The van der Waals surface area contributed by atoms with Gasteiger partial charge in [-0.05, 0) is 57.4 Å². The van der Waals surface area contributed by atoms with E-state index in [0.29, 0.717) is 5.95 Å². The molecule has 11 aromatic rings. The number of aromatic nitrogens is 3. The van der Waals surface area contributed by atoms with E-state index in [9.17, 15) is 0 Å². The van der Waals surface area contributed by atoms with Crippen molar-refractivity contribution in [2.24, 2.45) is 0 Å². The summed E-state index contributed by atoms with van der Waals surface area (Å²) in [5, 5.41) is 9.39. The minimum atomic E-state index is 0.624. The van der Waals surface area contributed by atoms with Crippen molar-refractivity contribution in [3.63, 3.8) is 0 Å². The first-order valence-electron chi connectivity index (χ1n) is 17.6. The molecule has 242 valence electrons. The predicted molar refractivity (Wildman–Crippen MR) is 215 cm³/mol. The number of para-hydroxylation sites is 1. The molecule has 8 aromatic carbocycles. The van der Waals surface area contributed by atoms with Crippen molar-refractivity contribution in [2.75, 3.05) is 0 Å². The Kier molecular flexibility index (Phi) is 6.22. The van der Waals surface area contributed by atoms with Crippen molar-refractivity contribution in [3.05, 3.63) is 176 Å². The quantitative estimate of drug-likeness (QED) is 0.188. The zero-order chi connectivity index (χ0) is 34.2. The molecule has 0 unspecified atom stereocenters. The second-order valence-electron chi connectivity index (χ2n) is 13.4. The van der Waals surface area contributed by atoms with Crippen LogP contribution in [-0.4, -0.2) is 14.5 Å². The number of nitrogens with zero attached hydrogens (tertiary/aromatic N) is 3. The van der Waals surface area contributed by atoms with Crippen molar-refractivity contribution in [1.29, 1.82) is 0 Å². The number of fused-ring (bicyclic) bond motifs is 10. The van der Waals surface area contributed by atoms with Crippen LogP contribution in [0.1, 0.15) is 0 Å². The van der Waals surface area contributed by atoms with Gasteiger partial charge in [-0.25, -0.2) is 9.97 Å². The van der Waals surface area contributed by atoms with Gasteiger partial charge in [-0.1, -0.05) is 146 Å². The second-order valence-corrected chi connectivity index (χ2v) is 13.4. The molecule has 0 spiro atoms. The van der Waals surface area contributed by atoms with Gasteiger partial charge in [-0.3, -0.25) is 4.57 Å². The van der Waals surface area contributed by atoms with Crippen LogP contribution >= 0.6 is 0 Å². The third-order valence-corrected chi connectivity index (χ3v) is 10.4. The van der Waals surface area contributed by atoms with Crippen molar-refractivity contribution >= 4 is 65.3 Å². The van der Waals surface area contributed by atoms with Crippen molar-refractivity contribution in [1.82, 2.24) is 14.5 Å². The molecule has 3 heterocycles. The fraction of sp³-hybridized carbons (Fsp3) is 0. The number of furan rings is 1. The molecule has 0 saturated heterocycles. The highest BCUT2D eigenvalue weighted by Gasteiger charge is 2.22. The van der Waals surface area contributed by atoms with Gasteiger partial charge in [-0.2, -0.15) is 0 Å². The van der Waals surface area contributed by atoms with Gasteiger partial charge in [0.15, 0.2) is 0 Å². The monoisotopic (exact) mass is 663 g/mol. The van der Waals surface area contributed by atoms with E-state index in [2.05, 4.69) is 168 Å². The maximum atomic E-state index is 6.56. The molecule has 0 aliphatic rings. The second kappa shape index (κ2) is 11.2. The highest BCUT2D eigenvalue weighted by molar-refractivity contribution is 6.24. The van der Waals surface area contributed by atoms with Crippen molar-refractivity contribution in [3.8, 4) is 39.6 Å². The van der Waals surface area contributed by atoms with E-state index < -0.39 is 0 Å². The Labute approximate surface area is 298 Å². The number of hydrogen-bond acceptors (Lipinski definition) is 3. The van der Waals surface area contributed by atoms with Crippen LogP contribution in [0.15, 0.2) is 180 Å². The minimum Gasteiger partial charge on any atom is -0.456 e.